The summed E-state index contributed by atoms with van der Waals surface area (Å²) in [5.74, 6) is 0. The number of halogens is 5. The largest absolute Gasteiger partial charge is 0.416 e. The molecule has 6 heteroatoms. The van der Waals surface area contributed by atoms with Crippen molar-refractivity contribution < 1.29 is 13.2 Å². The van der Waals surface area contributed by atoms with Crippen LogP contribution >= 0.6 is 38.5 Å². The fourth-order valence-electron chi connectivity index (χ4n) is 2.08. The Morgan fingerprint density at radius 2 is 1.71 bits per heavy atom. The minimum Gasteiger partial charge on any atom is -0.324 e. The van der Waals surface area contributed by atoms with E-state index in [2.05, 4.69) is 38.5 Å². The SMILES string of the molecule is NC(Cc1ccc(I)cc1)c1ccc(Br)cc1C(F)(F)F. The average Bonchev–Trinajstić information content (AvgIpc) is 2.40. The molecule has 1 atom stereocenters. The number of rotatable bonds is 3. The summed E-state index contributed by atoms with van der Waals surface area (Å²) in [6.45, 7) is 0. The Labute approximate surface area is 143 Å². The first-order valence-corrected chi connectivity index (χ1v) is 8.01. The molecule has 0 aliphatic rings. The molecule has 0 aliphatic heterocycles. The lowest BCUT2D eigenvalue weighted by Crippen LogP contribution is -2.19. The molecule has 0 amide bonds. The molecule has 2 aromatic carbocycles. The molecule has 1 nitrogen and oxygen atoms in total. The van der Waals surface area contributed by atoms with Gasteiger partial charge in [-0.1, -0.05) is 34.1 Å². The van der Waals surface area contributed by atoms with Crippen molar-refractivity contribution in [3.05, 3.63) is 67.2 Å². The van der Waals surface area contributed by atoms with E-state index in [0.29, 0.717) is 10.9 Å². The first-order chi connectivity index (χ1) is 9.77. The number of nitrogens with two attached hydrogens (primary N) is 1. The fraction of sp³-hybridized carbons (Fsp3) is 0.200. The number of hydrogen-bond acceptors (Lipinski definition) is 1. The third-order valence-electron chi connectivity index (χ3n) is 3.09. The summed E-state index contributed by atoms with van der Waals surface area (Å²) in [6.07, 6.45) is -4.05. The van der Waals surface area contributed by atoms with Crippen LogP contribution in [0.1, 0.15) is 22.7 Å². The third kappa shape index (κ3) is 4.43. The van der Waals surface area contributed by atoms with Gasteiger partial charge in [0.15, 0.2) is 0 Å². The normalized spacial score (nSPS) is 13.2. The molecule has 0 heterocycles. The van der Waals surface area contributed by atoms with Crippen LogP contribution < -0.4 is 5.73 Å². The van der Waals surface area contributed by atoms with E-state index in [1.165, 1.54) is 6.07 Å². The van der Waals surface area contributed by atoms with Gasteiger partial charge in [-0.3, -0.25) is 0 Å². The highest BCUT2D eigenvalue weighted by atomic mass is 127. The Morgan fingerprint density at radius 1 is 1.10 bits per heavy atom. The molecule has 0 saturated carbocycles. The second kappa shape index (κ2) is 6.66. The zero-order chi connectivity index (χ0) is 15.6. The summed E-state index contributed by atoms with van der Waals surface area (Å²) in [7, 11) is 0. The van der Waals surface area contributed by atoms with E-state index >= 15 is 0 Å². The molecule has 0 saturated heterocycles. The van der Waals surface area contributed by atoms with Gasteiger partial charge in [0.1, 0.15) is 0 Å². The van der Waals surface area contributed by atoms with Crippen LogP contribution in [0.15, 0.2) is 46.9 Å². The van der Waals surface area contributed by atoms with Crippen molar-refractivity contribution in [3.63, 3.8) is 0 Å². The summed E-state index contributed by atoms with van der Waals surface area (Å²) < 4.78 is 40.8. The van der Waals surface area contributed by atoms with Gasteiger partial charge in [-0.25, -0.2) is 0 Å². The lowest BCUT2D eigenvalue weighted by molar-refractivity contribution is -0.138. The molecule has 2 rings (SSSR count). The van der Waals surface area contributed by atoms with Gasteiger partial charge in [-0.15, -0.1) is 0 Å². The summed E-state index contributed by atoms with van der Waals surface area (Å²) >= 11 is 5.25. The molecule has 0 spiro atoms. The predicted molar refractivity (Wildman–Crippen MR) is 88.9 cm³/mol. The van der Waals surface area contributed by atoms with Crippen LogP contribution in [0.3, 0.4) is 0 Å². The average molecular weight is 470 g/mol. The predicted octanol–water partition coefficient (Wildman–Crippen LogP) is 5.32. The second-order valence-electron chi connectivity index (χ2n) is 4.67. The van der Waals surface area contributed by atoms with E-state index < -0.39 is 17.8 Å². The fourth-order valence-corrected chi connectivity index (χ4v) is 2.80. The molecular formula is C15H12BrF3IN. The maximum atomic E-state index is 13.1. The Morgan fingerprint density at radius 3 is 2.29 bits per heavy atom. The maximum absolute atomic E-state index is 13.1. The highest BCUT2D eigenvalue weighted by Gasteiger charge is 2.34. The van der Waals surface area contributed by atoms with Crippen molar-refractivity contribution in [1.82, 2.24) is 0 Å². The lowest BCUT2D eigenvalue weighted by Gasteiger charge is -2.19. The van der Waals surface area contributed by atoms with E-state index in [4.69, 9.17) is 5.73 Å². The second-order valence-corrected chi connectivity index (χ2v) is 6.83. The molecule has 0 radical (unpaired) electrons. The molecular weight excluding hydrogens is 458 g/mol. The maximum Gasteiger partial charge on any atom is 0.416 e. The van der Waals surface area contributed by atoms with E-state index in [-0.39, 0.29) is 5.56 Å². The van der Waals surface area contributed by atoms with Crippen LogP contribution in [0.25, 0.3) is 0 Å². The zero-order valence-electron chi connectivity index (χ0n) is 10.8. The van der Waals surface area contributed by atoms with Crippen molar-refractivity contribution in [2.45, 2.75) is 18.6 Å². The Hall–Kier alpha value is -0.600. The molecule has 0 fully saturated rings. The molecule has 0 aromatic heterocycles. The Kier molecular flexibility index (Phi) is 5.32. The first kappa shape index (κ1) is 16.8. The van der Waals surface area contributed by atoms with E-state index in [1.54, 1.807) is 6.07 Å². The van der Waals surface area contributed by atoms with Crippen LogP contribution in [0.4, 0.5) is 13.2 Å². The summed E-state index contributed by atoms with van der Waals surface area (Å²) in [5, 5.41) is 0. The van der Waals surface area contributed by atoms with Gasteiger partial charge in [-0.05, 0) is 64.4 Å². The van der Waals surface area contributed by atoms with Gasteiger partial charge in [-0.2, -0.15) is 13.2 Å². The third-order valence-corrected chi connectivity index (χ3v) is 4.30. The minimum absolute atomic E-state index is 0.115. The molecule has 0 bridgehead atoms. The first-order valence-electron chi connectivity index (χ1n) is 6.14. The molecule has 0 aliphatic carbocycles. The minimum atomic E-state index is -4.41. The Balaban J connectivity index is 2.30. The van der Waals surface area contributed by atoms with Crippen LogP contribution in [0.2, 0.25) is 0 Å². The van der Waals surface area contributed by atoms with Crippen molar-refractivity contribution in [2.75, 3.05) is 0 Å². The highest BCUT2D eigenvalue weighted by Crippen LogP contribution is 2.36. The summed E-state index contributed by atoms with van der Waals surface area (Å²) in [4.78, 5) is 0. The van der Waals surface area contributed by atoms with Gasteiger partial charge >= 0.3 is 6.18 Å². The Bertz CT molecular complexity index is 626. The topological polar surface area (TPSA) is 26.0 Å². The standard InChI is InChI=1S/C15H12BrF3IN/c16-10-3-6-12(13(8-10)15(17,18)19)14(21)7-9-1-4-11(20)5-2-9/h1-6,8,14H,7,21H2. The summed E-state index contributed by atoms with van der Waals surface area (Å²) in [5.41, 5.74) is 6.34. The quantitative estimate of drug-likeness (QED) is 0.605. The molecule has 112 valence electrons. The van der Waals surface area contributed by atoms with E-state index in [9.17, 15) is 13.2 Å². The van der Waals surface area contributed by atoms with E-state index in [0.717, 1.165) is 15.2 Å². The molecule has 1 unspecified atom stereocenters. The van der Waals surface area contributed by atoms with Crippen LogP contribution in [-0.4, -0.2) is 0 Å². The van der Waals surface area contributed by atoms with E-state index in [1.807, 2.05) is 24.3 Å². The number of benzene rings is 2. The van der Waals surface area contributed by atoms with Gasteiger partial charge in [0, 0.05) is 14.1 Å². The van der Waals surface area contributed by atoms with Gasteiger partial charge < -0.3 is 5.73 Å². The van der Waals surface area contributed by atoms with Crippen molar-refractivity contribution in [3.8, 4) is 0 Å². The van der Waals surface area contributed by atoms with Gasteiger partial charge in [0.2, 0.25) is 0 Å². The number of alkyl halides is 3. The van der Waals surface area contributed by atoms with Gasteiger partial charge in [0.05, 0.1) is 5.56 Å². The highest BCUT2D eigenvalue weighted by molar-refractivity contribution is 14.1. The van der Waals surface area contributed by atoms with Crippen LogP contribution in [0.5, 0.6) is 0 Å². The van der Waals surface area contributed by atoms with Crippen LogP contribution in [-0.2, 0) is 12.6 Å². The van der Waals surface area contributed by atoms with Crippen LogP contribution in [0, 0.1) is 3.57 Å². The zero-order valence-corrected chi connectivity index (χ0v) is 14.5. The molecule has 2 N–H and O–H groups in total. The number of hydrogen-bond donors (Lipinski definition) is 1. The molecule has 21 heavy (non-hydrogen) atoms. The summed E-state index contributed by atoms with van der Waals surface area (Å²) in [6, 6.07) is 11.0. The van der Waals surface area contributed by atoms with Crippen molar-refractivity contribution in [1.29, 1.82) is 0 Å². The van der Waals surface area contributed by atoms with Crippen molar-refractivity contribution in [2.24, 2.45) is 5.73 Å². The van der Waals surface area contributed by atoms with Crippen molar-refractivity contribution >= 4 is 38.5 Å². The lowest BCUT2D eigenvalue weighted by atomic mass is 9.95. The monoisotopic (exact) mass is 469 g/mol. The molecule has 2 aromatic rings. The van der Waals surface area contributed by atoms with Gasteiger partial charge in [0.25, 0.3) is 0 Å². The smallest absolute Gasteiger partial charge is 0.324 e.